The van der Waals surface area contributed by atoms with Gasteiger partial charge in [0.2, 0.25) is 0 Å². The van der Waals surface area contributed by atoms with Crippen LogP contribution in [0, 0.1) is 11.3 Å². The number of nitrogens with zero attached hydrogens (tertiary/aromatic N) is 2. The quantitative estimate of drug-likeness (QED) is 0.804. The first-order valence-corrected chi connectivity index (χ1v) is 5.88. The highest BCUT2D eigenvalue weighted by Gasteiger charge is 2.20. The lowest BCUT2D eigenvalue weighted by Crippen LogP contribution is -2.21. The van der Waals surface area contributed by atoms with Gasteiger partial charge in [-0.15, -0.1) is 11.3 Å². The van der Waals surface area contributed by atoms with E-state index in [4.69, 9.17) is 15.7 Å². The molecule has 0 bridgehead atoms. The zero-order chi connectivity index (χ0) is 13.0. The monoisotopic (exact) mass is 253 g/mol. The van der Waals surface area contributed by atoms with Gasteiger partial charge in [0.05, 0.1) is 17.2 Å². The third-order valence-electron chi connectivity index (χ3n) is 2.34. The van der Waals surface area contributed by atoms with Crippen molar-refractivity contribution in [3.63, 3.8) is 0 Å². The molecule has 1 aromatic heterocycles. The summed E-state index contributed by atoms with van der Waals surface area (Å²) in [4.78, 5) is 13.7. The fraction of sp³-hybridized carbons (Fsp3) is 0.455. The van der Waals surface area contributed by atoms with Gasteiger partial charge in [-0.3, -0.25) is 4.79 Å². The minimum Gasteiger partial charge on any atom is -0.396 e. The summed E-state index contributed by atoms with van der Waals surface area (Å²) in [5.74, 6) is -0.115. The lowest BCUT2D eigenvalue weighted by Gasteiger charge is -2.16. The molecule has 0 radical (unpaired) electrons. The van der Waals surface area contributed by atoms with Crippen molar-refractivity contribution in [3.8, 4) is 6.07 Å². The molecule has 0 aromatic carbocycles. The molecular weight excluding hydrogens is 238 g/mol. The van der Waals surface area contributed by atoms with Gasteiger partial charge in [-0.05, 0) is 0 Å². The van der Waals surface area contributed by atoms with Gasteiger partial charge in [-0.2, -0.15) is 5.26 Å². The first-order valence-electron chi connectivity index (χ1n) is 5.06. The Hall–Kier alpha value is -1.58. The summed E-state index contributed by atoms with van der Waals surface area (Å²) in [7, 11) is 3.46. The molecule has 0 spiro atoms. The molecule has 0 atom stereocenters. The number of nitrogens with two attached hydrogens (primary N) is 1. The Balaban J connectivity index is 3.11. The normalized spacial score (nSPS) is 10.0. The largest absolute Gasteiger partial charge is 0.396 e. The Morgan fingerprint density at radius 1 is 1.65 bits per heavy atom. The van der Waals surface area contributed by atoms with E-state index in [1.807, 2.05) is 18.0 Å². The van der Waals surface area contributed by atoms with Crippen molar-refractivity contribution in [1.29, 1.82) is 5.26 Å². The van der Waals surface area contributed by atoms with E-state index in [0.29, 0.717) is 28.6 Å². The number of hydrogen-bond donors (Lipinski definition) is 1. The van der Waals surface area contributed by atoms with Gasteiger partial charge in [0.15, 0.2) is 5.78 Å². The van der Waals surface area contributed by atoms with Gasteiger partial charge in [0.25, 0.3) is 0 Å². The highest BCUT2D eigenvalue weighted by atomic mass is 32.1. The van der Waals surface area contributed by atoms with E-state index < -0.39 is 0 Å². The van der Waals surface area contributed by atoms with Crippen molar-refractivity contribution in [2.45, 2.75) is 6.92 Å². The summed E-state index contributed by atoms with van der Waals surface area (Å²) in [6, 6.07) is 2.05. The number of likely N-dealkylation sites (N-methyl/N-ethyl adjacent to an activating group) is 1. The maximum Gasteiger partial charge on any atom is 0.171 e. The van der Waals surface area contributed by atoms with Crippen LogP contribution in [-0.2, 0) is 4.74 Å². The maximum atomic E-state index is 11.4. The van der Waals surface area contributed by atoms with E-state index in [2.05, 4.69) is 0 Å². The Kier molecular flexibility index (Phi) is 4.49. The first kappa shape index (κ1) is 13.5. The summed E-state index contributed by atoms with van der Waals surface area (Å²) in [5.41, 5.74) is 6.45. The van der Waals surface area contributed by atoms with Gasteiger partial charge in [0.1, 0.15) is 16.6 Å². The molecule has 6 heteroatoms. The number of ketones is 1. The summed E-state index contributed by atoms with van der Waals surface area (Å²) in [6.45, 7) is 2.64. The number of Topliss-reactive ketones (excluding diaryl/α,β-unsaturated/α-hetero) is 1. The van der Waals surface area contributed by atoms with Crippen LogP contribution in [-0.4, -0.2) is 33.1 Å². The first-order chi connectivity index (χ1) is 8.02. The predicted octanol–water partition coefficient (Wildman–Crippen LogP) is 1.49. The van der Waals surface area contributed by atoms with Gasteiger partial charge in [-0.1, -0.05) is 0 Å². The van der Waals surface area contributed by atoms with Gasteiger partial charge in [-0.25, -0.2) is 0 Å². The average molecular weight is 253 g/mol. The van der Waals surface area contributed by atoms with Crippen molar-refractivity contribution in [2.24, 2.45) is 0 Å². The molecule has 0 saturated heterocycles. The molecule has 5 nitrogen and oxygen atoms in total. The van der Waals surface area contributed by atoms with Crippen molar-refractivity contribution >= 4 is 27.8 Å². The number of thiophene rings is 1. The lowest BCUT2D eigenvalue weighted by molar-refractivity contribution is 0.102. The maximum absolute atomic E-state index is 11.4. The van der Waals surface area contributed by atoms with Gasteiger partial charge >= 0.3 is 0 Å². The molecule has 1 aromatic rings. The predicted molar refractivity (Wildman–Crippen MR) is 68.6 cm³/mol. The number of anilines is 2. The minimum atomic E-state index is -0.115. The molecule has 0 fully saturated rings. The summed E-state index contributed by atoms with van der Waals surface area (Å²) < 4.78 is 4.97. The molecule has 0 aliphatic rings. The zero-order valence-corrected chi connectivity index (χ0v) is 10.9. The van der Waals surface area contributed by atoms with E-state index in [0.717, 1.165) is 0 Å². The van der Waals surface area contributed by atoms with Crippen molar-refractivity contribution in [1.82, 2.24) is 0 Å². The Morgan fingerprint density at radius 3 is 2.76 bits per heavy atom. The number of nitrogen functional groups attached to an aromatic ring is 1. The molecule has 2 N–H and O–H groups in total. The van der Waals surface area contributed by atoms with E-state index in [1.54, 1.807) is 7.11 Å². The van der Waals surface area contributed by atoms with Crippen LogP contribution in [0.15, 0.2) is 0 Å². The summed E-state index contributed by atoms with van der Waals surface area (Å²) in [6.07, 6.45) is 0. The molecule has 92 valence electrons. The van der Waals surface area contributed by atoms with Crippen LogP contribution in [0.2, 0.25) is 0 Å². The highest BCUT2D eigenvalue weighted by Crippen LogP contribution is 2.37. The second kappa shape index (κ2) is 5.66. The van der Waals surface area contributed by atoms with E-state index in [9.17, 15) is 4.79 Å². The van der Waals surface area contributed by atoms with Crippen LogP contribution >= 0.6 is 11.3 Å². The van der Waals surface area contributed by atoms with Crippen molar-refractivity contribution in [3.05, 3.63) is 10.4 Å². The number of nitriles is 1. The fourth-order valence-electron chi connectivity index (χ4n) is 1.40. The molecule has 0 aliphatic heterocycles. The van der Waals surface area contributed by atoms with Crippen LogP contribution in [0.4, 0.5) is 10.7 Å². The molecule has 17 heavy (non-hydrogen) atoms. The molecular formula is C11H15N3O2S. The third-order valence-corrected chi connectivity index (χ3v) is 3.76. The molecule has 0 unspecified atom stereocenters. The fourth-order valence-corrected chi connectivity index (χ4v) is 2.45. The van der Waals surface area contributed by atoms with E-state index in [-0.39, 0.29) is 11.5 Å². The zero-order valence-electron chi connectivity index (χ0n) is 10.1. The standard InChI is InChI=1S/C11H15N3O2S/c1-7(15)10-9(13)8(6-12)11(17-10)14(2)4-5-16-3/h4-5,13H2,1-3H3. The topological polar surface area (TPSA) is 79.3 Å². The smallest absolute Gasteiger partial charge is 0.171 e. The molecule has 1 rings (SSSR count). The Labute approximate surface area is 104 Å². The van der Waals surface area contributed by atoms with Gasteiger partial charge < -0.3 is 15.4 Å². The van der Waals surface area contributed by atoms with Crippen molar-refractivity contribution < 1.29 is 9.53 Å². The van der Waals surface area contributed by atoms with Crippen LogP contribution in [0.5, 0.6) is 0 Å². The highest BCUT2D eigenvalue weighted by molar-refractivity contribution is 7.19. The lowest BCUT2D eigenvalue weighted by atomic mass is 10.2. The SMILES string of the molecule is COCCN(C)c1sc(C(C)=O)c(N)c1C#N. The molecule has 0 aliphatic carbocycles. The number of carbonyl (C=O) groups is 1. The third kappa shape index (κ3) is 2.75. The summed E-state index contributed by atoms with van der Waals surface area (Å²) >= 11 is 1.25. The Morgan fingerprint density at radius 2 is 2.29 bits per heavy atom. The molecule has 0 saturated carbocycles. The number of rotatable bonds is 5. The van der Waals surface area contributed by atoms with Crippen molar-refractivity contribution in [2.75, 3.05) is 37.9 Å². The molecule has 1 heterocycles. The average Bonchev–Trinajstić information content (AvgIpc) is 2.63. The number of ether oxygens (including phenoxy) is 1. The van der Waals surface area contributed by atoms with Crippen LogP contribution < -0.4 is 10.6 Å². The number of hydrogen-bond acceptors (Lipinski definition) is 6. The van der Waals surface area contributed by atoms with Gasteiger partial charge in [0, 0.05) is 27.6 Å². The minimum absolute atomic E-state index is 0.115. The van der Waals surface area contributed by atoms with Crippen LogP contribution in [0.25, 0.3) is 0 Å². The van der Waals surface area contributed by atoms with Crippen LogP contribution in [0.3, 0.4) is 0 Å². The van der Waals surface area contributed by atoms with E-state index in [1.165, 1.54) is 18.3 Å². The summed E-state index contributed by atoms with van der Waals surface area (Å²) in [5, 5.41) is 9.79. The number of carbonyl (C=O) groups excluding carboxylic acids is 1. The number of methoxy groups -OCH3 is 1. The van der Waals surface area contributed by atoms with E-state index >= 15 is 0 Å². The van der Waals surface area contributed by atoms with Crippen LogP contribution in [0.1, 0.15) is 22.2 Å². The Bertz CT molecular complexity index is 462. The second-order valence-electron chi connectivity index (χ2n) is 3.61. The molecule has 0 amide bonds. The second-order valence-corrected chi connectivity index (χ2v) is 4.61.